The number of urea groups is 1. The fourth-order valence-electron chi connectivity index (χ4n) is 3.52. The summed E-state index contributed by atoms with van der Waals surface area (Å²) in [5.41, 5.74) is 1.59. The predicted octanol–water partition coefficient (Wildman–Crippen LogP) is 4.35. The quantitative estimate of drug-likeness (QED) is 0.715. The number of benzene rings is 2. The number of carbonyl (C=O) groups excluding carboxylic acids is 1. The summed E-state index contributed by atoms with van der Waals surface area (Å²) in [7, 11) is -3.57. The van der Waals surface area contributed by atoms with Gasteiger partial charge in [0.15, 0.2) is 0 Å². The first-order valence-corrected chi connectivity index (χ1v) is 11.9. The van der Waals surface area contributed by atoms with E-state index in [1.54, 1.807) is 17.0 Å². The van der Waals surface area contributed by atoms with Crippen molar-refractivity contribution in [1.82, 2.24) is 9.62 Å². The van der Waals surface area contributed by atoms with E-state index in [0.717, 1.165) is 5.56 Å². The second-order valence-electron chi connectivity index (χ2n) is 8.99. The molecule has 1 fully saturated rings. The van der Waals surface area contributed by atoms with E-state index in [-0.39, 0.29) is 28.1 Å². The molecule has 6 nitrogen and oxygen atoms in total. The molecule has 0 atom stereocenters. The minimum Gasteiger partial charge on any atom is -0.325 e. The molecule has 0 bridgehead atoms. The summed E-state index contributed by atoms with van der Waals surface area (Å²) in [5.74, 6) is -0.190. The fraction of sp³-hybridized carbons (Fsp3) is 0.435. The molecule has 0 spiro atoms. The molecule has 0 radical (unpaired) electrons. The van der Waals surface area contributed by atoms with Crippen molar-refractivity contribution < 1.29 is 17.6 Å². The molecule has 2 amide bonds. The molecule has 0 unspecified atom stereocenters. The van der Waals surface area contributed by atoms with Crippen LogP contribution in [0.25, 0.3) is 0 Å². The number of sulfonamides is 1. The molecule has 2 aromatic carbocycles. The number of amides is 2. The summed E-state index contributed by atoms with van der Waals surface area (Å²) in [6.07, 6.45) is 1.42. The molecular formula is C23H30FN3O3S. The van der Waals surface area contributed by atoms with Crippen LogP contribution in [0.5, 0.6) is 0 Å². The molecule has 2 N–H and O–H groups in total. The van der Waals surface area contributed by atoms with Gasteiger partial charge in [0.1, 0.15) is 5.82 Å². The first-order valence-electron chi connectivity index (χ1n) is 10.5. The number of nitrogens with one attached hydrogen (secondary N) is 2. The number of carbonyl (C=O) groups is 1. The fourth-order valence-corrected chi connectivity index (χ4v) is 4.64. The Balaban J connectivity index is 1.48. The van der Waals surface area contributed by atoms with Crippen LogP contribution in [-0.2, 0) is 15.4 Å². The van der Waals surface area contributed by atoms with Crippen LogP contribution in [0, 0.1) is 11.7 Å². The summed E-state index contributed by atoms with van der Waals surface area (Å²) in [6.45, 7) is 7.68. The third-order valence-electron chi connectivity index (χ3n) is 5.59. The number of likely N-dealkylation sites (tertiary alicyclic amines) is 1. The Morgan fingerprint density at radius 3 is 2.16 bits per heavy atom. The van der Waals surface area contributed by atoms with Crippen molar-refractivity contribution in [3.05, 3.63) is 59.9 Å². The summed E-state index contributed by atoms with van der Waals surface area (Å²) in [4.78, 5) is 14.3. The Morgan fingerprint density at radius 1 is 1.03 bits per heavy atom. The van der Waals surface area contributed by atoms with E-state index in [2.05, 4.69) is 30.8 Å². The molecule has 2 aromatic rings. The van der Waals surface area contributed by atoms with Gasteiger partial charge in [-0.15, -0.1) is 0 Å². The number of anilines is 1. The van der Waals surface area contributed by atoms with E-state index in [1.165, 1.54) is 24.3 Å². The summed E-state index contributed by atoms with van der Waals surface area (Å²) >= 11 is 0. The van der Waals surface area contributed by atoms with E-state index in [4.69, 9.17) is 0 Å². The number of hydrogen-bond acceptors (Lipinski definition) is 3. The van der Waals surface area contributed by atoms with Crippen molar-refractivity contribution in [3.8, 4) is 0 Å². The molecule has 3 rings (SSSR count). The first-order chi connectivity index (χ1) is 14.5. The maximum absolute atomic E-state index is 13.0. The summed E-state index contributed by atoms with van der Waals surface area (Å²) in [6, 6.07) is 12.4. The highest BCUT2D eigenvalue weighted by atomic mass is 32.2. The maximum Gasteiger partial charge on any atom is 0.321 e. The highest BCUT2D eigenvalue weighted by Gasteiger charge is 2.25. The van der Waals surface area contributed by atoms with Gasteiger partial charge < -0.3 is 10.2 Å². The molecule has 0 saturated carbocycles. The normalized spacial score (nSPS) is 15.7. The minimum atomic E-state index is -3.57. The van der Waals surface area contributed by atoms with Gasteiger partial charge in [-0.05, 0) is 66.1 Å². The van der Waals surface area contributed by atoms with Crippen molar-refractivity contribution in [3.63, 3.8) is 0 Å². The Labute approximate surface area is 183 Å². The molecule has 168 valence electrons. The van der Waals surface area contributed by atoms with E-state index in [9.17, 15) is 17.6 Å². The largest absolute Gasteiger partial charge is 0.325 e. The lowest BCUT2D eigenvalue weighted by Crippen LogP contribution is -2.43. The van der Waals surface area contributed by atoms with Crippen molar-refractivity contribution >= 4 is 21.7 Å². The Kier molecular flexibility index (Phi) is 7.01. The van der Waals surface area contributed by atoms with E-state index in [0.29, 0.717) is 38.2 Å². The second-order valence-corrected chi connectivity index (χ2v) is 10.8. The van der Waals surface area contributed by atoms with Crippen LogP contribution in [0.2, 0.25) is 0 Å². The van der Waals surface area contributed by atoms with Gasteiger partial charge in [-0.3, -0.25) is 0 Å². The number of nitrogens with zero attached hydrogens (tertiary/aromatic N) is 1. The summed E-state index contributed by atoms with van der Waals surface area (Å²) in [5, 5.41) is 2.76. The standard InChI is InChI=1S/C23H30FN3O3S/c1-23(2,3)18-4-10-21(11-5-18)31(29,30)25-16-17-12-14-27(15-13-17)22(28)26-20-8-6-19(24)7-9-20/h4-11,17,25H,12-16H2,1-3H3,(H,26,28). The van der Waals surface area contributed by atoms with Crippen LogP contribution in [0.4, 0.5) is 14.9 Å². The zero-order chi connectivity index (χ0) is 22.6. The van der Waals surface area contributed by atoms with Gasteiger partial charge in [0.05, 0.1) is 4.90 Å². The number of hydrogen-bond donors (Lipinski definition) is 2. The SMILES string of the molecule is CC(C)(C)c1ccc(S(=O)(=O)NCC2CCN(C(=O)Nc3ccc(F)cc3)CC2)cc1. The van der Waals surface area contributed by atoms with Crippen LogP contribution in [0.3, 0.4) is 0 Å². The third kappa shape index (κ3) is 6.27. The van der Waals surface area contributed by atoms with Gasteiger partial charge in [-0.25, -0.2) is 22.3 Å². The predicted molar refractivity (Wildman–Crippen MR) is 120 cm³/mol. The zero-order valence-electron chi connectivity index (χ0n) is 18.2. The third-order valence-corrected chi connectivity index (χ3v) is 7.03. The molecule has 8 heteroatoms. The topological polar surface area (TPSA) is 78.5 Å². The average molecular weight is 448 g/mol. The minimum absolute atomic E-state index is 0.0350. The smallest absolute Gasteiger partial charge is 0.321 e. The Morgan fingerprint density at radius 2 is 1.61 bits per heavy atom. The molecule has 1 aliphatic heterocycles. The van der Waals surface area contributed by atoms with Crippen molar-refractivity contribution in [1.29, 1.82) is 0 Å². The molecule has 0 aliphatic carbocycles. The molecule has 0 aromatic heterocycles. The monoisotopic (exact) mass is 447 g/mol. The first kappa shape index (κ1) is 23.2. The molecule has 1 saturated heterocycles. The second kappa shape index (κ2) is 9.36. The van der Waals surface area contributed by atoms with Gasteiger partial charge in [-0.1, -0.05) is 32.9 Å². The van der Waals surface area contributed by atoms with E-state index in [1.807, 2.05) is 12.1 Å². The molecule has 31 heavy (non-hydrogen) atoms. The van der Waals surface area contributed by atoms with Crippen LogP contribution in [0.1, 0.15) is 39.2 Å². The van der Waals surface area contributed by atoms with Crippen molar-refractivity contribution in [2.75, 3.05) is 25.0 Å². The van der Waals surface area contributed by atoms with Gasteiger partial charge in [-0.2, -0.15) is 0 Å². The van der Waals surface area contributed by atoms with Gasteiger partial charge in [0, 0.05) is 25.3 Å². The number of piperidine rings is 1. The van der Waals surface area contributed by atoms with E-state index < -0.39 is 10.0 Å². The van der Waals surface area contributed by atoms with Gasteiger partial charge in [0.2, 0.25) is 10.0 Å². The van der Waals surface area contributed by atoms with Crippen molar-refractivity contribution in [2.24, 2.45) is 5.92 Å². The maximum atomic E-state index is 13.0. The van der Waals surface area contributed by atoms with Crippen molar-refractivity contribution in [2.45, 2.75) is 43.9 Å². The Hall–Kier alpha value is -2.45. The van der Waals surface area contributed by atoms with Crippen LogP contribution < -0.4 is 10.0 Å². The number of halogens is 1. The summed E-state index contributed by atoms with van der Waals surface area (Å²) < 4.78 is 40.9. The van der Waals surface area contributed by atoms with E-state index >= 15 is 0 Å². The highest BCUT2D eigenvalue weighted by Crippen LogP contribution is 2.24. The van der Waals surface area contributed by atoms with Crippen LogP contribution in [-0.4, -0.2) is 39.0 Å². The average Bonchev–Trinajstić information content (AvgIpc) is 2.74. The highest BCUT2D eigenvalue weighted by molar-refractivity contribution is 7.89. The molecule has 1 heterocycles. The Bertz CT molecular complexity index is 992. The lowest BCUT2D eigenvalue weighted by atomic mass is 9.87. The lowest BCUT2D eigenvalue weighted by Gasteiger charge is -2.32. The molecule has 1 aliphatic rings. The van der Waals surface area contributed by atoms with Crippen LogP contribution >= 0.6 is 0 Å². The molecular weight excluding hydrogens is 417 g/mol. The number of rotatable bonds is 5. The van der Waals surface area contributed by atoms with Gasteiger partial charge >= 0.3 is 6.03 Å². The lowest BCUT2D eigenvalue weighted by molar-refractivity contribution is 0.183. The van der Waals surface area contributed by atoms with Crippen LogP contribution in [0.15, 0.2) is 53.4 Å². The van der Waals surface area contributed by atoms with Gasteiger partial charge in [0.25, 0.3) is 0 Å². The zero-order valence-corrected chi connectivity index (χ0v) is 19.0.